The highest BCUT2D eigenvalue weighted by Gasteiger charge is 2.43. The third-order valence-electron chi connectivity index (χ3n) is 3.39. The zero-order chi connectivity index (χ0) is 15.9. The van der Waals surface area contributed by atoms with Crippen LogP contribution in [0.3, 0.4) is 0 Å². The van der Waals surface area contributed by atoms with Crippen molar-refractivity contribution >= 4 is 11.9 Å². The number of rotatable bonds is 10. The summed E-state index contributed by atoms with van der Waals surface area (Å²) in [5.74, 6) is -4.28. The molecule has 0 aromatic rings. The number of aliphatic hydroxyl groups is 5. The molecule has 7 N–H and O–H groups in total. The molecule has 0 rings (SSSR count). The summed E-state index contributed by atoms with van der Waals surface area (Å²) in [7, 11) is 0. The van der Waals surface area contributed by atoms with Gasteiger partial charge in [0.1, 0.15) is 0 Å². The fourth-order valence-corrected chi connectivity index (χ4v) is 2.06. The number of hydrogen-bond donors (Lipinski definition) is 7. The van der Waals surface area contributed by atoms with E-state index in [0.29, 0.717) is 0 Å². The van der Waals surface area contributed by atoms with Gasteiger partial charge in [0.05, 0.1) is 0 Å². The third kappa shape index (κ3) is 4.69. The van der Waals surface area contributed by atoms with Crippen LogP contribution in [-0.4, -0.2) is 79.7 Å². The third-order valence-corrected chi connectivity index (χ3v) is 3.39. The van der Waals surface area contributed by atoms with Crippen molar-refractivity contribution in [2.75, 3.05) is 19.8 Å². The van der Waals surface area contributed by atoms with E-state index >= 15 is 0 Å². The Balaban J connectivity index is 5.36. The lowest BCUT2D eigenvalue weighted by atomic mass is 9.69. The Hall–Kier alpha value is -1.26. The lowest BCUT2D eigenvalue weighted by Gasteiger charge is -2.39. The van der Waals surface area contributed by atoms with Gasteiger partial charge in [-0.2, -0.15) is 0 Å². The predicted molar refractivity (Wildman–Crippen MR) is 63.7 cm³/mol. The lowest BCUT2D eigenvalue weighted by molar-refractivity contribution is -0.155. The van der Waals surface area contributed by atoms with E-state index in [1.807, 2.05) is 0 Å². The summed E-state index contributed by atoms with van der Waals surface area (Å²) in [6, 6.07) is 0. The maximum absolute atomic E-state index is 10.7. The summed E-state index contributed by atoms with van der Waals surface area (Å²) < 4.78 is 0. The number of aliphatic carboxylic acids is 2. The Morgan fingerprint density at radius 2 is 1.20 bits per heavy atom. The van der Waals surface area contributed by atoms with Crippen molar-refractivity contribution < 1.29 is 45.3 Å². The highest BCUT2D eigenvalue weighted by Crippen LogP contribution is 2.37. The van der Waals surface area contributed by atoms with Gasteiger partial charge in [-0.05, 0) is 12.8 Å². The Morgan fingerprint density at radius 3 is 1.40 bits per heavy atom. The van der Waals surface area contributed by atoms with E-state index in [2.05, 4.69) is 0 Å². The topological polar surface area (TPSA) is 176 Å². The summed E-state index contributed by atoms with van der Waals surface area (Å²) in [5.41, 5.74) is -1.64. The second-order valence-corrected chi connectivity index (χ2v) is 4.70. The number of carboxylic acid groups (broad SMARTS) is 2. The normalized spacial score (nSPS) is 17.5. The van der Waals surface area contributed by atoms with E-state index in [9.17, 15) is 24.9 Å². The molecule has 9 heteroatoms. The van der Waals surface area contributed by atoms with Gasteiger partial charge in [0.25, 0.3) is 0 Å². The van der Waals surface area contributed by atoms with Crippen LogP contribution in [0.25, 0.3) is 0 Å². The van der Waals surface area contributed by atoms with Crippen molar-refractivity contribution in [3.05, 3.63) is 0 Å². The van der Waals surface area contributed by atoms with Crippen LogP contribution >= 0.6 is 0 Å². The maximum Gasteiger partial charge on any atom is 0.332 e. The smallest absolute Gasteiger partial charge is 0.332 e. The maximum atomic E-state index is 10.7. The molecule has 2 atom stereocenters. The van der Waals surface area contributed by atoms with Crippen LogP contribution in [0, 0.1) is 11.3 Å². The van der Waals surface area contributed by atoms with Gasteiger partial charge in [0.15, 0.2) is 12.2 Å². The molecule has 0 aromatic carbocycles. The number of aliphatic hydroxyl groups excluding tert-OH is 5. The van der Waals surface area contributed by atoms with Gasteiger partial charge in [0, 0.05) is 31.2 Å². The molecule has 0 aliphatic heterocycles. The van der Waals surface area contributed by atoms with Gasteiger partial charge < -0.3 is 35.7 Å². The zero-order valence-electron chi connectivity index (χ0n) is 10.7. The molecule has 9 nitrogen and oxygen atoms in total. The standard InChI is InChI=1S/C11H20O9/c12-3-6(4-13)11(5-14,1-7(15)9(17)18)2-8(16)10(19)20/h6-8,12-16H,1-5H2,(H,17,18)(H,19,20). The molecule has 0 saturated heterocycles. The molecule has 0 radical (unpaired) electrons. The first-order chi connectivity index (χ1) is 9.23. The summed E-state index contributed by atoms with van der Waals surface area (Å²) >= 11 is 0. The van der Waals surface area contributed by atoms with Crippen LogP contribution in [0.1, 0.15) is 12.8 Å². The molecular formula is C11H20O9. The Bertz CT molecular complexity index is 304. The zero-order valence-corrected chi connectivity index (χ0v) is 10.7. The Labute approximate surface area is 114 Å². The van der Waals surface area contributed by atoms with Crippen molar-refractivity contribution in [2.45, 2.75) is 25.0 Å². The molecule has 0 aliphatic rings. The summed E-state index contributed by atoms with van der Waals surface area (Å²) in [5, 5.41) is 63.9. The van der Waals surface area contributed by atoms with Crippen molar-refractivity contribution in [3.63, 3.8) is 0 Å². The Kier molecular flexibility index (Phi) is 7.61. The molecule has 0 saturated carbocycles. The molecule has 20 heavy (non-hydrogen) atoms. The fourth-order valence-electron chi connectivity index (χ4n) is 2.06. The van der Waals surface area contributed by atoms with E-state index in [4.69, 9.17) is 20.4 Å². The summed E-state index contributed by atoms with van der Waals surface area (Å²) in [6.45, 7) is -2.15. The molecule has 0 aromatic heterocycles. The number of carbonyl (C=O) groups is 2. The van der Waals surface area contributed by atoms with Crippen molar-refractivity contribution in [1.29, 1.82) is 0 Å². The fraction of sp³-hybridized carbons (Fsp3) is 0.818. The largest absolute Gasteiger partial charge is 0.479 e. The monoisotopic (exact) mass is 296 g/mol. The molecule has 0 aliphatic carbocycles. The molecule has 2 unspecified atom stereocenters. The molecule has 0 amide bonds. The second kappa shape index (κ2) is 8.12. The van der Waals surface area contributed by atoms with E-state index in [1.54, 1.807) is 0 Å². The van der Waals surface area contributed by atoms with Crippen LogP contribution in [-0.2, 0) is 9.59 Å². The van der Waals surface area contributed by atoms with Gasteiger partial charge in [-0.15, -0.1) is 0 Å². The summed E-state index contributed by atoms with van der Waals surface area (Å²) in [6.07, 6.45) is -5.09. The molecule has 0 spiro atoms. The van der Waals surface area contributed by atoms with E-state index in [0.717, 1.165) is 0 Å². The first-order valence-corrected chi connectivity index (χ1v) is 5.88. The highest BCUT2D eigenvalue weighted by atomic mass is 16.4. The number of hydrogen-bond acceptors (Lipinski definition) is 7. The SMILES string of the molecule is O=C(O)C(O)CC(CO)(CC(O)C(=O)O)C(CO)CO. The van der Waals surface area contributed by atoms with Gasteiger partial charge in [-0.3, -0.25) is 0 Å². The first-order valence-electron chi connectivity index (χ1n) is 5.88. The van der Waals surface area contributed by atoms with Crippen LogP contribution in [0.2, 0.25) is 0 Å². The minimum absolute atomic E-state index is 0.616. The molecule has 118 valence electrons. The minimum atomic E-state index is -1.93. The van der Waals surface area contributed by atoms with Crippen LogP contribution in [0.4, 0.5) is 0 Å². The lowest BCUT2D eigenvalue weighted by Crippen LogP contribution is -2.46. The van der Waals surface area contributed by atoms with Crippen LogP contribution in [0.5, 0.6) is 0 Å². The molecule has 0 heterocycles. The van der Waals surface area contributed by atoms with Crippen LogP contribution in [0.15, 0.2) is 0 Å². The molecular weight excluding hydrogens is 276 g/mol. The molecule has 0 fully saturated rings. The van der Waals surface area contributed by atoms with E-state index in [1.165, 1.54) is 0 Å². The van der Waals surface area contributed by atoms with Crippen molar-refractivity contribution in [1.82, 2.24) is 0 Å². The van der Waals surface area contributed by atoms with E-state index in [-0.39, 0.29) is 0 Å². The predicted octanol–water partition coefficient (Wildman–Crippen LogP) is -2.76. The first kappa shape index (κ1) is 18.7. The average Bonchev–Trinajstić information content (AvgIpc) is 2.39. The van der Waals surface area contributed by atoms with Gasteiger partial charge in [-0.1, -0.05) is 0 Å². The average molecular weight is 296 g/mol. The van der Waals surface area contributed by atoms with Crippen molar-refractivity contribution in [3.8, 4) is 0 Å². The quantitative estimate of drug-likeness (QED) is 0.225. The van der Waals surface area contributed by atoms with E-state index < -0.39 is 68.1 Å². The highest BCUT2D eigenvalue weighted by molar-refractivity contribution is 5.72. The summed E-state index contributed by atoms with van der Waals surface area (Å²) in [4.78, 5) is 21.4. The van der Waals surface area contributed by atoms with Crippen molar-refractivity contribution in [2.24, 2.45) is 11.3 Å². The van der Waals surface area contributed by atoms with Gasteiger partial charge >= 0.3 is 11.9 Å². The van der Waals surface area contributed by atoms with Gasteiger partial charge in [0.2, 0.25) is 0 Å². The minimum Gasteiger partial charge on any atom is -0.479 e. The van der Waals surface area contributed by atoms with Gasteiger partial charge in [-0.25, -0.2) is 9.59 Å². The second-order valence-electron chi connectivity index (χ2n) is 4.70. The van der Waals surface area contributed by atoms with Crippen LogP contribution < -0.4 is 0 Å². The molecule has 0 bridgehead atoms. The number of carboxylic acids is 2. The Morgan fingerprint density at radius 1 is 0.850 bits per heavy atom.